The average molecular weight is 315 g/mol. The van der Waals surface area contributed by atoms with Crippen LogP contribution < -0.4 is 0 Å². The minimum Gasteiger partial charge on any atom is -0.342 e. The molecule has 2 aromatic rings. The number of nitrogens with zero attached hydrogens (tertiary/aromatic N) is 3. The van der Waals surface area contributed by atoms with E-state index in [1.165, 1.54) is 17.3 Å². The molecule has 1 aliphatic heterocycles. The molecule has 0 bridgehead atoms. The molecule has 1 aliphatic rings. The van der Waals surface area contributed by atoms with Crippen molar-refractivity contribution >= 4 is 17.7 Å². The summed E-state index contributed by atoms with van der Waals surface area (Å²) in [6, 6.07) is 8.42. The molecule has 1 aromatic carbocycles. The van der Waals surface area contributed by atoms with E-state index in [0.29, 0.717) is 5.75 Å². The van der Waals surface area contributed by atoms with Crippen molar-refractivity contribution in [3.63, 3.8) is 0 Å². The van der Waals surface area contributed by atoms with Gasteiger partial charge >= 0.3 is 0 Å². The van der Waals surface area contributed by atoms with Gasteiger partial charge in [0.1, 0.15) is 0 Å². The first-order valence-corrected chi connectivity index (χ1v) is 8.63. The van der Waals surface area contributed by atoms with Crippen LogP contribution >= 0.6 is 11.8 Å². The van der Waals surface area contributed by atoms with Crippen molar-refractivity contribution in [2.75, 3.05) is 18.8 Å². The van der Waals surface area contributed by atoms with E-state index in [0.717, 1.165) is 42.3 Å². The van der Waals surface area contributed by atoms with Crippen molar-refractivity contribution < 1.29 is 4.79 Å². The predicted octanol–water partition coefficient (Wildman–Crippen LogP) is 3.11. The molecule has 0 aliphatic carbocycles. The number of aryl methyl sites for hydroxylation is 1. The number of benzene rings is 1. The highest BCUT2D eigenvalue weighted by atomic mass is 32.2. The Morgan fingerprint density at radius 2 is 1.91 bits per heavy atom. The van der Waals surface area contributed by atoms with Gasteiger partial charge in [0, 0.05) is 20.1 Å². The second-order valence-corrected chi connectivity index (χ2v) is 6.67. The Labute approximate surface area is 135 Å². The van der Waals surface area contributed by atoms with E-state index < -0.39 is 0 Å². The van der Waals surface area contributed by atoms with E-state index in [1.807, 2.05) is 18.1 Å². The van der Waals surface area contributed by atoms with Gasteiger partial charge in [-0.2, -0.15) is 0 Å². The van der Waals surface area contributed by atoms with Crippen LogP contribution in [0.25, 0.3) is 11.3 Å². The molecule has 0 atom stereocenters. The van der Waals surface area contributed by atoms with Crippen LogP contribution in [-0.2, 0) is 11.8 Å². The Balaban J connectivity index is 1.68. The molecule has 0 radical (unpaired) electrons. The fourth-order valence-corrected chi connectivity index (χ4v) is 3.56. The van der Waals surface area contributed by atoms with Crippen molar-refractivity contribution in [2.24, 2.45) is 7.05 Å². The molecule has 0 saturated carbocycles. The van der Waals surface area contributed by atoms with E-state index in [1.54, 1.807) is 0 Å². The van der Waals surface area contributed by atoms with Gasteiger partial charge in [-0.1, -0.05) is 41.6 Å². The van der Waals surface area contributed by atoms with Crippen LogP contribution in [0, 0.1) is 6.92 Å². The molecule has 22 heavy (non-hydrogen) atoms. The number of hydrogen-bond donors (Lipinski definition) is 0. The molecule has 0 spiro atoms. The third kappa shape index (κ3) is 3.19. The number of carbonyl (C=O) groups is 1. The summed E-state index contributed by atoms with van der Waals surface area (Å²) in [4.78, 5) is 18.5. The Bertz CT molecular complexity index is 657. The summed E-state index contributed by atoms with van der Waals surface area (Å²) in [5.41, 5.74) is 3.48. The number of likely N-dealkylation sites (tertiary alicyclic amines) is 1. The zero-order valence-electron chi connectivity index (χ0n) is 13.1. The Hall–Kier alpha value is -1.75. The van der Waals surface area contributed by atoms with Crippen LogP contribution in [0.3, 0.4) is 0 Å². The van der Waals surface area contributed by atoms with Crippen LogP contribution in [0.15, 0.2) is 35.6 Å². The first kappa shape index (κ1) is 15.2. The van der Waals surface area contributed by atoms with E-state index in [4.69, 9.17) is 0 Å². The maximum atomic E-state index is 12.1. The summed E-state index contributed by atoms with van der Waals surface area (Å²) >= 11 is 1.52. The van der Waals surface area contributed by atoms with Crippen molar-refractivity contribution in [2.45, 2.75) is 24.9 Å². The van der Waals surface area contributed by atoms with Gasteiger partial charge in [0.25, 0.3) is 0 Å². The highest BCUT2D eigenvalue weighted by Crippen LogP contribution is 2.25. The topological polar surface area (TPSA) is 38.1 Å². The van der Waals surface area contributed by atoms with E-state index in [9.17, 15) is 4.79 Å². The van der Waals surface area contributed by atoms with E-state index in [2.05, 4.69) is 40.7 Å². The first-order chi connectivity index (χ1) is 10.6. The normalized spacial score (nSPS) is 14.5. The predicted molar refractivity (Wildman–Crippen MR) is 89.9 cm³/mol. The molecule has 1 amide bonds. The van der Waals surface area contributed by atoms with Gasteiger partial charge < -0.3 is 9.47 Å². The molecule has 1 fully saturated rings. The van der Waals surface area contributed by atoms with Crippen LogP contribution in [0.1, 0.15) is 18.4 Å². The lowest BCUT2D eigenvalue weighted by Crippen LogP contribution is -2.29. The second-order valence-electron chi connectivity index (χ2n) is 5.73. The minimum absolute atomic E-state index is 0.224. The maximum Gasteiger partial charge on any atom is 0.233 e. The molecule has 1 aromatic heterocycles. The van der Waals surface area contributed by atoms with Gasteiger partial charge in [-0.05, 0) is 25.3 Å². The smallest absolute Gasteiger partial charge is 0.233 e. The van der Waals surface area contributed by atoms with Gasteiger partial charge in [-0.3, -0.25) is 4.79 Å². The van der Waals surface area contributed by atoms with Gasteiger partial charge in [0.05, 0.1) is 17.6 Å². The number of aromatic nitrogens is 2. The summed E-state index contributed by atoms with van der Waals surface area (Å²) in [6.07, 6.45) is 4.15. The number of amides is 1. The first-order valence-electron chi connectivity index (χ1n) is 7.64. The lowest BCUT2D eigenvalue weighted by Gasteiger charge is -2.14. The highest BCUT2D eigenvalue weighted by molar-refractivity contribution is 7.99. The van der Waals surface area contributed by atoms with Crippen LogP contribution in [0.4, 0.5) is 0 Å². The Morgan fingerprint density at radius 1 is 1.23 bits per heavy atom. The van der Waals surface area contributed by atoms with E-state index in [-0.39, 0.29) is 5.91 Å². The van der Waals surface area contributed by atoms with Crippen LogP contribution in [-0.4, -0.2) is 39.2 Å². The molecule has 3 rings (SSSR count). The van der Waals surface area contributed by atoms with Crippen molar-refractivity contribution in [1.29, 1.82) is 0 Å². The molecule has 1 saturated heterocycles. The molecule has 5 heteroatoms. The number of carbonyl (C=O) groups excluding carboxylic acids is 1. The summed E-state index contributed by atoms with van der Waals surface area (Å²) < 4.78 is 2.06. The average Bonchev–Trinajstić information content (AvgIpc) is 3.16. The third-order valence-electron chi connectivity index (χ3n) is 4.08. The van der Waals surface area contributed by atoms with Gasteiger partial charge in [0.2, 0.25) is 5.91 Å². The van der Waals surface area contributed by atoms with E-state index >= 15 is 0 Å². The SMILES string of the molecule is Cc1ccc(-c2cnc(SCC(=O)N3CCCC3)n2C)cc1. The molecule has 0 unspecified atom stereocenters. The van der Waals surface area contributed by atoms with Gasteiger partial charge in [0.15, 0.2) is 5.16 Å². The van der Waals surface area contributed by atoms with Gasteiger partial charge in [-0.15, -0.1) is 0 Å². The summed E-state index contributed by atoms with van der Waals surface area (Å²) in [7, 11) is 2.00. The molecular formula is C17H21N3OS. The molecule has 2 heterocycles. The van der Waals surface area contributed by atoms with Gasteiger partial charge in [-0.25, -0.2) is 4.98 Å². The lowest BCUT2D eigenvalue weighted by molar-refractivity contribution is -0.127. The molecule has 4 nitrogen and oxygen atoms in total. The fourth-order valence-electron chi connectivity index (χ4n) is 2.70. The quantitative estimate of drug-likeness (QED) is 0.814. The Morgan fingerprint density at radius 3 is 2.59 bits per heavy atom. The monoisotopic (exact) mass is 315 g/mol. The number of imidazole rings is 1. The summed E-state index contributed by atoms with van der Waals surface area (Å²) in [6.45, 7) is 3.90. The van der Waals surface area contributed by atoms with Crippen LogP contribution in [0.5, 0.6) is 0 Å². The van der Waals surface area contributed by atoms with Crippen molar-refractivity contribution in [3.8, 4) is 11.3 Å². The van der Waals surface area contributed by atoms with Crippen LogP contribution in [0.2, 0.25) is 0 Å². The minimum atomic E-state index is 0.224. The van der Waals surface area contributed by atoms with Crippen molar-refractivity contribution in [3.05, 3.63) is 36.0 Å². The Kier molecular flexibility index (Phi) is 4.52. The number of rotatable bonds is 4. The standard InChI is InChI=1S/C17H21N3OS/c1-13-5-7-14(8-6-13)15-11-18-17(19(15)2)22-12-16(21)20-9-3-4-10-20/h5-8,11H,3-4,9-10,12H2,1-2H3. The molecule has 116 valence electrons. The highest BCUT2D eigenvalue weighted by Gasteiger charge is 2.19. The van der Waals surface area contributed by atoms with Crippen molar-refractivity contribution in [1.82, 2.24) is 14.5 Å². The summed E-state index contributed by atoms with van der Waals surface area (Å²) in [5.74, 6) is 0.695. The fraction of sp³-hybridized carbons (Fsp3) is 0.412. The number of hydrogen-bond acceptors (Lipinski definition) is 3. The molecular weight excluding hydrogens is 294 g/mol. The maximum absolute atomic E-state index is 12.1. The number of thioether (sulfide) groups is 1. The molecule has 0 N–H and O–H groups in total. The largest absolute Gasteiger partial charge is 0.342 e. The third-order valence-corrected chi connectivity index (χ3v) is 5.11. The zero-order valence-corrected chi connectivity index (χ0v) is 13.9. The zero-order chi connectivity index (χ0) is 15.5. The lowest BCUT2D eigenvalue weighted by atomic mass is 10.1. The second kappa shape index (κ2) is 6.57. The summed E-state index contributed by atoms with van der Waals surface area (Å²) in [5, 5.41) is 0.892.